The molecule has 2 aromatic rings. The molecule has 0 unspecified atom stereocenters. The molecule has 0 bridgehead atoms. The second-order valence-electron chi connectivity index (χ2n) is 8.73. The van der Waals surface area contributed by atoms with Gasteiger partial charge in [-0.2, -0.15) is 0 Å². The van der Waals surface area contributed by atoms with Crippen molar-refractivity contribution in [3.63, 3.8) is 0 Å². The van der Waals surface area contributed by atoms with Gasteiger partial charge in [-0.05, 0) is 73.8 Å². The maximum Gasteiger partial charge on any atom is 0.237 e. The Morgan fingerprint density at radius 1 is 0.968 bits per heavy atom. The summed E-state index contributed by atoms with van der Waals surface area (Å²) in [5, 5.41) is 9.54. The summed E-state index contributed by atoms with van der Waals surface area (Å²) >= 11 is 0. The maximum absolute atomic E-state index is 12.6. The summed E-state index contributed by atoms with van der Waals surface area (Å²) in [5.74, 6) is 0.721. The van der Waals surface area contributed by atoms with E-state index >= 15 is 0 Å². The van der Waals surface area contributed by atoms with Crippen LogP contribution in [0.4, 0.5) is 5.69 Å². The fourth-order valence-electron chi connectivity index (χ4n) is 4.60. The molecular formula is C25H32ClN3O2. The Bertz CT molecular complexity index is 909. The Morgan fingerprint density at radius 2 is 1.71 bits per heavy atom. The van der Waals surface area contributed by atoms with Gasteiger partial charge in [0.05, 0.1) is 6.04 Å². The minimum absolute atomic E-state index is 0. The minimum atomic E-state index is -0.156. The Morgan fingerprint density at radius 3 is 2.45 bits per heavy atom. The summed E-state index contributed by atoms with van der Waals surface area (Å²) in [5.41, 5.74) is 4.56. The average molecular weight is 442 g/mol. The van der Waals surface area contributed by atoms with Crippen molar-refractivity contribution < 1.29 is 9.59 Å². The van der Waals surface area contributed by atoms with Gasteiger partial charge in [0.1, 0.15) is 0 Å². The van der Waals surface area contributed by atoms with Crippen LogP contribution < -0.4 is 16.0 Å². The van der Waals surface area contributed by atoms with Crippen LogP contribution >= 0.6 is 12.4 Å². The van der Waals surface area contributed by atoms with E-state index in [-0.39, 0.29) is 36.2 Å². The summed E-state index contributed by atoms with van der Waals surface area (Å²) in [6.45, 7) is 3.47. The number of rotatable bonds is 5. The SMILES string of the molecule is Cc1cccc(NC(=O)C2CCC(CNC(=O)[C@@H]3Cc4ccccc4CN3)CC2)c1.Cl. The van der Waals surface area contributed by atoms with Crippen LogP contribution in [0.5, 0.6) is 0 Å². The summed E-state index contributed by atoms with van der Waals surface area (Å²) in [4.78, 5) is 25.2. The van der Waals surface area contributed by atoms with Crippen LogP contribution in [0.15, 0.2) is 48.5 Å². The van der Waals surface area contributed by atoms with Crippen molar-refractivity contribution >= 4 is 29.9 Å². The van der Waals surface area contributed by atoms with Gasteiger partial charge in [0.2, 0.25) is 11.8 Å². The summed E-state index contributed by atoms with van der Waals surface area (Å²) in [6.07, 6.45) is 4.47. The second kappa shape index (κ2) is 10.8. The van der Waals surface area contributed by atoms with E-state index in [1.165, 1.54) is 11.1 Å². The molecule has 0 aromatic heterocycles. The van der Waals surface area contributed by atoms with Gasteiger partial charge in [0, 0.05) is 24.7 Å². The molecule has 2 aliphatic rings. The maximum atomic E-state index is 12.6. The van der Waals surface area contributed by atoms with E-state index in [0.29, 0.717) is 12.5 Å². The fraction of sp³-hybridized carbons (Fsp3) is 0.440. The molecule has 1 saturated carbocycles. The van der Waals surface area contributed by atoms with Gasteiger partial charge in [-0.3, -0.25) is 9.59 Å². The molecule has 2 amide bonds. The molecule has 2 aromatic carbocycles. The summed E-state index contributed by atoms with van der Waals surface area (Å²) < 4.78 is 0. The first-order valence-electron chi connectivity index (χ1n) is 11.0. The van der Waals surface area contributed by atoms with E-state index in [1.807, 2.05) is 43.3 Å². The highest BCUT2D eigenvalue weighted by atomic mass is 35.5. The standard InChI is InChI=1S/C25H31N3O2.ClH/c1-17-5-4-8-22(13-17)28-24(29)19-11-9-18(10-12-19)15-27-25(30)23-14-20-6-2-3-7-21(20)16-26-23;/h2-8,13,18-19,23,26H,9-12,14-16H2,1H3,(H,27,30)(H,28,29);1H/t18?,19?,23-;/m0./s1. The van der Waals surface area contributed by atoms with Crippen LogP contribution in [-0.4, -0.2) is 24.4 Å². The molecule has 6 heteroatoms. The van der Waals surface area contributed by atoms with Gasteiger partial charge in [-0.15, -0.1) is 12.4 Å². The monoisotopic (exact) mass is 441 g/mol. The summed E-state index contributed by atoms with van der Waals surface area (Å²) in [7, 11) is 0. The molecule has 1 aliphatic heterocycles. The average Bonchev–Trinajstić information content (AvgIpc) is 2.77. The number of aryl methyl sites for hydroxylation is 1. The second-order valence-corrected chi connectivity index (χ2v) is 8.73. The van der Waals surface area contributed by atoms with Gasteiger partial charge in [-0.1, -0.05) is 36.4 Å². The highest BCUT2D eigenvalue weighted by Gasteiger charge is 2.28. The van der Waals surface area contributed by atoms with Crippen molar-refractivity contribution in [1.82, 2.24) is 10.6 Å². The molecule has 1 heterocycles. The van der Waals surface area contributed by atoms with Crippen LogP contribution in [0.25, 0.3) is 0 Å². The highest BCUT2D eigenvalue weighted by Crippen LogP contribution is 2.29. The van der Waals surface area contributed by atoms with Crippen molar-refractivity contribution in [2.24, 2.45) is 11.8 Å². The van der Waals surface area contributed by atoms with Crippen molar-refractivity contribution in [3.05, 3.63) is 65.2 Å². The molecule has 166 valence electrons. The van der Waals surface area contributed by atoms with E-state index in [2.05, 4.69) is 28.1 Å². The number of amides is 2. The van der Waals surface area contributed by atoms with Crippen LogP contribution in [-0.2, 0) is 22.6 Å². The molecule has 0 radical (unpaired) electrons. The molecule has 4 rings (SSSR count). The Kier molecular flexibility index (Phi) is 8.10. The van der Waals surface area contributed by atoms with E-state index in [1.54, 1.807) is 0 Å². The van der Waals surface area contributed by atoms with E-state index in [0.717, 1.165) is 49.9 Å². The number of nitrogens with one attached hydrogen (secondary N) is 3. The number of halogens is 1. The van der Waals surface area contributed by atoms with Gasteiger partial charge in [0.15, 0.2) is 0 Å². The molecule has 3 N–H and O–H groups in total. The van der Waals surface area contributed by atoms with Crippen molar-refractivity contribution in [1.29, 1.82) is 0 Å². The van der Waals surface area contributed by atoms with Crippen LogP contribution in [0, 0.1) is 18.8 Å². The number of hydrogen-bond acceptors (Lipinski definition) is 3. The minimum Gasteiger partial charge on any atom is -0.354 e. The predicted octanol–water partition coefficient (Wildman–Crippen LogP) is 3.99. The third-order valence-corrected chi connectivity index (χ3v) is 6.47. The van der Waals surface area contributed by atoms with Gasteiger partial charge in [0.25, 0.3) is 0 Å². The van der Waals surface area contributed by atoms with E-state index < -0.39 is 0 Å². The van der Waals surface area contributed by atoms with Crippen molar-refractivity contribution in [2.75, 3.05) is 11.9 Å². The Balaban J connectivity index is 0.00000272. The largest absolute Gasteiger partial charge is 0.354 e. The molecular weight excluding hydrogens is 410 g/mol. The first kappa shape index (κ1) is 23.3. The number of benzene rings is 2. The lowest BCUT2D eigenvalue weighted by Crippen LogP contribution is -2.48. The topological polar surface area (TPSA) is 70.2 Å². The zero-order valence-corrected chi connectivity index (χ0v) is 18.8. The Labute approximate surface area is 190 Å². The van der Waals surface area contributed by atoms with Gasteiger partial charge >= 0.3 is 0 Å². The number of hydrogen-bond donors (Lipinski definition) is 3. The van der Waals surface area contributed by atoms with Gasteiger partial charge in [-0.25, -0.2) is 0 Å². The number of carbonyl (C=O) groups excluding carboxylic acids is 2. The lowest BCUT2D eigenvalue weighted by Gasteiger charge is -2.29. The van der Waals surface area contributed by atoms with E-state index in [9.17, 15) is 9.59 Å². The third-order valence-electron chi connectivity index (χ3n) is 6.47. The molecule has 0 spiro atoms. The lowest BCUT2D eigenvalue weighted by atomic mass is 9.81. The molecule has 5 nitrogen and oxygen atoms in total. The van der Waals surface area contributed by atoms with E-state index in [4.69, 9.17) is 0 Å². The quantitative estimate of drug-likeness (QED) is 0.657. The fourth-order valence-corrected chi connectivity index (χ4v) is 4.60. The van der Waals surface area contributed by atoms with Crippen LogP contribution in [0.1, 0.15) is 42.4 Å². The summed E-state index contributed by atoms with van der Waals surface area (Å²) in [6, 6.07) is 16.1. The molecule has 1 aliphatic carbocycles. The predicted molar refractivity (Wildman–Crippen MR) is 126 cm³/mol. The normalized spacial score (nSPS) is 22.5. The van der Waals surface area contributed by atoms with Gasteiger partial charge < -0.3 is 16.0 Å². The number of anilines is 1. The third kappa shape index (κ3) is 6.08. The number of fused-ring (bicyclic) bond motifs is 1. The molecule has 0 saturated heterocycles. The Hall–Kier alpha value is -2.37. The first-order chi connectivity index (χ1) is 14.6. The van der Waals surface area contributed by atoms with Crippen molar-refractivity contribution in [2.45, 2.75) is 51.6 Å². The smallest absolute Gasteiger partial charge is 0.237 e. The molecule has 1 fully saturated rings. The molecule has 1 atom stereocenters. The molecule has 31 heavy (non-hydrogen) atoms. The van der Waals surface area contributed by atoms with Crippen molar-refractivity contribution in [3.8, 4) is 0 Å². The first-order valence-corrected chi connectivity index (χ1v) is 11.0. The zero-order valence-electron chi connectivity index (χ0n) is 18.0. The lowest BCUT2D eigenvalue weighted by molar-refractivity contribution is -0.124. The van der Waals surface area contributed by atoms with Crippen LogP contribution in [0.2, 0.25) is 0 Å². The number of carbonyl (C=O) groups is 2. The zero-order chi connectivity index (χ0) is 20.9. The highest BCUT2D eigenvalue weighted by molar-refractivity contribution is 5.92. The van der Waals surface area contributed by atoms with Crippen LogP contribution in [0.3, 0.4) is 0 Å².